The van der Waals surface area contributed by atoms with Gasteiger partial charge in [0.25, 0.3) is 0 Å². The third kappa shape index (κ3) is 3.01. The molecule has 7 heteroatoms. The largest absolute Gasteiger partial charge is 0.343 e. The van der Waals surface area contributed by atoms with E-state index in [0.717, 1.165) is 41.8 Å². The molecule has 1 aliphatic rings. The number of aryl methyl sites for hydroxylation is 1. The van der Waals surface area contributed by atoms with Gasteiger partial charge >= 0.3 is 0 Å². The molecule has 1 atom stereocenters. The Kier molecular flexibility index (Phi) is 3.97. The fraction of sp³-hybridized carbons (Fsp3) is 0.250. The number of imidazole rings is 1. The van der Waals surface area contributed by atoms with Crippen molar-refractivity contribution in [3.63, 3.8) is 0 Å². The maximum atomic E-state index is 4.64. The van der Waals surface area contributed by atoms with Crippen LogP contribution in [0.1, 0.15) is 23.1 Å². The Labute approximate surface area is 156 Å². The first-order chi connectivity index (χ1) is 13.4. The van der Waals surface area contributed by atoms with E-state index in [-0.39, 0.29) is 0 Å². The molecule has 7 nitrogen and oxygen atoms in total. The zero-order valence-corrected chi connectivity index (χ0v) is 14.8. The second-order valence-electron chi connectivity index (χ2n) is 6.97. The van der Waals surface area contributed by atoms with Gasteiger partial charge in [0.15, 0.2) is 0 Å². The van der Waals surface area contributed by atoms with Crippen molar-refractivity contribution < 1.29 is 0 Å². The number of benzene rings is 1. The van der Waals surface area contributed by atoms with Crippen molar-refractivity contribution in [2.24, 2.45) is 5.92 Å². The maximum absolute atomic E-state index is 4.64. The maximum Gasteiger partial charge on any atom is 0.205 e. The lowest BCUT2D eigenvalue weighted by atomic mass is 9.80. The number of fused-ring (bicyclic) bond motifs is 1. The first kappa shape index (κ1) is 15.9. The molecule has 1 aliphatic carbocycles. The number of tetrazole rings is 1. The molecule has 0 amide bonds. The Morgan fingerprint density at radius 1 is 1.11 bits per heavy atom. The molecule has 3 aromatic heterocycles. The van der Waals surface area contributed by atoms with E-state index in [9.17, 15) is 0 Å². The summed E-state index contributed by atoms with van der Waals surface area (Å²) >= 11 is 0. The highest BCUT2D eigenvalue weighted by Crippen LogP contribution is 2.34. The highest BCUT2D eigenvalue weighted by atomic mass is 15.5. The van der Waals surface area contributed by atoms with Gasteiger partial charge in [-0.2, -0.15) is 5.21 Å². The van der Waals surface area contributed by atoms with Crippen LogP contribution in [0.2, 0.25) is 0 Å². The van der Waals surface area contributed by atoms with E-state index in [1.54, 1.807) is 12.5 Å². The number of rotatable bonds is 4. The number of aromatic amines is 2. The van der Waals surface area contributed by atoms with Gasteiger partial charge in [-0.1, -0.05) is 24.3 Å². The summed E-state index contributed by atoms with van der Waals surface area (Å²) in [5, 5.41) is 14.7. The van der Waals surface area contributed by atoms with Crippen LogP contribution < -0.4 is 0 Å². The molecule has 3 heterocycles. The molecule has 0 radical (unpaired) electrons. The molecule has 0 fully saturated rings. The molecule has 2 N–H and O–H groups in total. The molecule has 0 aliphatic heterocycles. The molecule has 0 saturated carbocycles. The van der Waals surface area contributed by atoms with Gasteiger partial charge in [0.1, 0.15) is 0 Å². The molecule has 0 bridgehead atoms. The van der Waals surface area contributed by atoms with Crippen molar-refractivity contribution in [1.29, 1.82) is 0 Å². The fourth-order valence-corrected chi connectivity index (χ4v) is 4.04. The number of hydrogen-bond donors (Lipinski definition) is 2. The molecule has 134 valence electrons. The third-order valence-electron chi connectivity index (χ3n) is 5.34. The Morgan fingerprint density at radius 3 is 2.85 bits per heavy atom. The summed E-state index contributed by atoms with van der Waals surface area (Å²) in [4.78, 5) is 12.0. The van der Waals surface area contributed by atoms with Crippen molar-refractivity contribution >= 4 is 0 Å². The number of hydrogen-bond acceptors (Lipinski definition) is 5. The first-order valence-corrected chi connectivity index (χ1v) is 9.15. The number of nitrogens with one attached hydrogen (secondary N) is 2. The smallest absolute Gasteiger partial charge is 0.205 e. The van der Waals surface area contributed by atoms with Crippen molar-refractivity contribution in [3.05, 3.63) is 65.7 Å². The average Bonchev–Trinajstić information content (AvgIpc) is 3.42. The van der Waals surface area contributed by atoms with Gasteiger partial charge in [-0.15, -0.1) is 10.2 Å². The topological polar surface area (TPSA) is 96.0 Å². The van der Waals surface area contributed by atoms with Crippen LogP contribution in [0.3, 0.4) is 0 Å². The predicted octanol–water partition coefficient (Wildman–Crippen LogP) is 3.00. The summed E-state index contributed by atoms with van der Waals surface area (Å²) in [5.74, 6) is 1.15. The average molecular weight is 357 g/mol. The normalized spacial score (nSPS) is 16.2. The molecular formula is C20H19N7. The molecular weight excluding hydrogens is 338 g/mol. The van der Waals surface area contributed by atoms with Crippen LogP contribution in [0.15, 0.2) is 49.1 Å². The summed E-state index contributed by atoms with van der Waals surface area (Å²) in [5.41, 5.74) is 6.88. The number of aromatic nitrogens is 7. The van der Waals surface area contributed by atoms with Gasteiger partial charge in [-0.3, -0.25) is 4.98 Å². The molecule has 1 aromatic carbocycles. The van der Waals surface area contributed by atoms with Crippen LogP contribution in [-0.2, 0) is 19.3 Å². The van der Waals surface area contributed by atoms with Gasteiger partial charge in [0.05, 0.1) is 23.9 Å². The second kappa shape index (κ2) is 6.75. The number of pyridine rings is 1. The Morgan fingerprint density at radius 2 is 2.04 bits per heavy atom. The lowest BCUT2D eigenvalue weighted by Gasteiger charge is -2.25. The van der Waals surface area contributed by atoms with Crippen LogP contribution in [0.4, 0.5) is 0 Å². The molecule has 4 aromatic rings. The Hall–Kier alpha value is -3.35. The van der Waals surface area contributed by atoms with Crippen LogP contribution in [0, 0.1) is 5.92 Å². The molecule has 0 spiro atoms. The molecule has 0 saturated heterocycles. The summed E-state index contributed by atoms with van der Waals surface area (Å²) in [6, 6.07) is 10.7. The van der Waals surface area contributed by atoms with E-state index in [2.05, 4.69) is 59.8 Å². The van der Waals surface area contributed by atoms with E-state index in [1.807, 2.05) is 12.3 Å². The van der Waals surface area contributed by atoms with E-state index in [1.165, 1.54) is 17.5 Å². The van der Waals surface area contributed by atoms with Gasteiger partial charge in [-0.05, 0) is 59.6 Å². The molecule has 27 heavy (non-hydrogen) atoms. The van der Waals surface area contributed by atoms with Crippen LogP contribution in [-0.4, -0.2) is 35.6 Å². The van der Waals surface area contributed by atoms with E-state index >= 15 is 0 Å². The van der Waals surface area contributed by atoms with Crippen molar-refractivity contribution in [3.8, 4) is 22.8 Å². The van der Waals surface area contributed by atoms with Crippen molar-refractivity contribution in [1.82, 2.24) is 35.6 Å². The molecule has 1 unspecified atom stereocenters. The summed E-state index contributed by atoms with van der Waals surface area (Å²) in [6.07, 6.45) is 9.57. The minimum absolute atomic E-state index is 0.552. The van der Waals surface area contributed by atoms with Gasteiger partial charge in [0, 0.05) is 11.8 Å². The van der Waals surface area contributed by atoms with Gasteiger partial charge in [-0.25, -0.2) is 4.98 Å². The standard InChI is InChI=1S/C20H19N7/c1-2-4-15-9-13(5-6-14(15)3-1)10-17-16(20-24-26-27-25-20)7-8-22-19(17)18-11-21-12-23-18/h1-4,7-8,11-13H,5-6,9-10H2,(H,21,23)(H,24,25,26,27). The first-order valence-electron chi connectivity index (χ1n) is 9.15. The quantitative estimate of drug-likeness (QED) is 0.585. The lowest BCUT2D eigenvalue weighted by molar-refractivity contribution is 0.456. The fourth-order valence-electron chi connectivity index (χ4n) is 4.04. The number of H-pyrrole nitrogens is 2. The van der Waals surface area contributed by atoms with Crippen LogP contribution >= 0.6 is 0 Å². The zero-order valence-electron chi connectivity index (χ0n) is 14.8. The van der Waals surface area contributed by atoms with E-state index in [4.69, 9.17) is 0 Å². The number of nitrogens with zero attached hydrogens (tertiary/aromatic N) is 5. The highest BCUT2D eigenvalue weighted by Gasteiger charge is 2.23. The van der Waals surface area contributed by atoms with Crippen LogP contribution in [0.5, 0.6) is 0 Å². The van der Waals surface area contributed by atoms with E-state index < -0.39 is 0 Å². The molecule has 5 rings (SSSR count). The van der Waals surface area contributed by atoms with Crippen molar-refractivity contribution in [2.45, 2.75) is 25.7 Å². The Balaban J connectivity index is 1.54. The third-order valence-corrected chi connectivity index (χ3v) is 5.34. The van der Waals surface area contributed by atoms with Gasteiger partial charge < -0.3 is 4.98 Å². The summed E-state index contributed by atoms with van der Waals surface area (Å²) in [7, 11) is 0. The highest BCUT2D eigenvalue weighted by molar-refractivity contribution is 5.70. The SMILES string of the molecule is c1ccc2c(c1)CCC(Cc1c(-c3nn[nH]n3)ccnc1-c1cnc[nH]1)C2. The zero-order chi connectivity index (χ0) is 18.1. The Bertz CT molecular complexity index is 986. The van der Waals surface area contributed by atoms with E-state index in [0.29, 0.717) is 11.7 Å². The van der Waals surface area contributed by atoms with Crippen LogP contribution in [0.25, 0.3) is 22.8 Å². The van der Waals surface area contributed by atoms with Gasteiger partial charge in [0.2, 0.25) is 5.82 Å². The summed E-state index contributed by atoms with van der Waals surface area (Å²) < 4.78 is 0. The lowest BCUT2D eigenvalue weighted by Crippen LogP contribution is -2.17. The van der Waals surface area contributed by atoms with Crippen molar-refractivity contribution in [2.75, 3.05) is 0 Å². The predicted molar refractivity (Wildman–Crippen MR) is 101 cm³/mol. The minimum Gasteiger partial charge on any atom is -0.343 e. The summed E-state index contributed by atoms with van der Waals surface area (Å²) in [6.45, 7) is 0. The minimum atomic E-state index is 0.552. The second-order valence-corrected chi connectivity index (χ2v) is 6.97. The monoisotopic (exact) mass is 357 g/mol.